The molecule has 0 atom stereocenters. The van der Waals surface area contributed by atoms with Crippen molar-refractivity contribution in [3.05, 3.63) is 97.9 Å². The van der Waals surface area contributed by atoms with Crippen LogP contribution in [0, 0.1) is 11.3 Å². The van der Waals surface area contributed by atoms with Crippen LogP contribution in [0.3, 0.4) is 0 Å². The quantitative estimate of drug-likeness (QED) is 0.368. The zero-order valence-corrected chi connectivity index (χ0v) is 20.5. The number of hydrogen-bond acceptors (Lipinski definition) is 5. The normalized spacial score (nSPS) is 15.4. The first-order valence-electron chi connectivity index (χ1n) is 10.4. The van der Waals surface area contributed by atoms with Crippen molar-refractivity contribution in [3.63, 3.8) is 0 Å². The number of halogens is 2. The molecule has 3 aromatic rings. The minimum atomic E-state index is -0.241. The average Bonchev–Trinajstić information content (AvgIpc) is 3.17. The number of amidine groups is 1. The number of hydrogen-bond donors (Lipinski definition) is 1. The first-order chi connectivity index (χ1) is 16.5. The summed E-state index contributed by atoms with van der Waals surface area (Å²) in [5.74, 6) is 0.0779. The van der Waals surface area contributed by atoms with E-state index in [1.165, 1.54) is 17.3 Å². The van der Waals surface area contributed by atoms with Gasteiger partial charge in [0.15, 0.2) is 10.9 Å². The number of rotatable bonds is 6. The van der Waals surface area contributed by atoms with Gasteiger partial charge >= 0.3 is 0 Å². The predicted molar refractivity (Wildman–Crippen MR) is 139 cm³/mol. The minimum Gasteiger partial charge on any atom is -0.486 e. The Kier molecular flexibility index (Phi) is 7.59. The van der Waals surface area contributed by atoms with Gasteiger partial charge in [0.1, 0.15) is 6.61 Å². The van der Waals surface area contributed by atoms with Crippen molar-refractivity contribution in [2.45, 2.75) is 20.0 Å². The number of nitrogens with zero attached hydrogens (tertiary/aromatic N) is 2. The number of carbonyl (C=O) groups is 1. The molecule has 3 aromatic carbocycles. The summed E-state index contributed by atoms with van der Waals surface area (Å²) >= 11 is 14.1. The van der Waals surface area contributed by atoms with Crippen LogP contribution in [0.5, 0.6) is 5.75 Å². The summed E-state index contributed by atoms with van der Waals surface area (Å²) in [7, 11) is 0. The smallest absolute Gasteiger partial charge is 0.264 e. The number of carbonyl (C=O) groups excluding carboxylic acids is 1. The second kappa shape index (κ2) is 10.8. The molecule has 1 amide bonds. The molecule has 0 unspecified atom stereocenters. The molecule has 170 valence electrons. The number of nitriles is 1. The molecule has 1 saturated heterocycles. The maximum absolute atomic E-state index is 12.4. The lowest BCUT2D eigenvalue weighted by atomic mass is 10.1. The Bertz CT molecular complexity index is 1320. The van der Waals surface area contributed by atoms with Crippen LogP contribution >= 0.6 is 35.0 Å². The number of ether oxygens (including phenoxy) is 1. The zero-order chi connectivity index (χ0) is 24.1. The van der Waals surface area contributed by atoms with E-state index in [-0.39, 0.29) is 12.5 Å². The Hall–Kier alpha value is -3.24. The minimum absolute atomic E-state index is 0.154. The zero-order valence-electron chi connectivity index (χ0n) is 18.1. The van der Waals surface area contributed by atoms with E-state index in [9.17, 15) is 10.1 Å². The molecule has 5 nitrogen and oxygen atoms in total. The number of aryl methyl sites for hydroxylation is 1. The Balaban J connectivity index is 1.50. The molecular weight excluding hydrogens is 489 g/mol. The SMILES string of the molecule is CCc1ccc(N=C2NC(=O)/C(=C/c3cc(Cl)c(OCc4ccccc4C#N)c(Cl)c3)S2)cc1. The van der Waals surface area contributed by atoms with E-state index in [1.54, 1.807) is 30.3 Å². The van der Waals surface area contributed by atoms with Gasteiger partial charge in [0.2, 0.25) is 0 Å². The fourth-order valence-corrected chi connectivity index (χ4v) is 4.72. The van der Waals surface area contributed by atoms with E-state index in [4.69, 9.17) is 27.9 Å². The molecule has 0 radical (unpaired) electrons. The van der Waals surface area contributed by atoms with Crippen LogP contribution in [0.1, 0.15) is 29.2 Å². The third-order valence-electron chi connectivity index (χ3n) is 5.05. The fraction of sp³-hybridized carbons (Fsp3) is 0.115. The lowest BCUT2D eigenvalue weighted by molar-refractivity contribution is -0.115. The van der Waals surface area contributed by atoms with Crippen molar-refractivity contribution in [2.75, 3.05) is 0 Å². The molecule has 0 aliphatic carbocycles. The Morgan fingerprint density at radius 3 is 2.50 bits per heavy atom. The van der Waals surface area contributed by atoms with Gasteiger partial charge in [-0.2, -0.15) is 5.26 Å². The van der Waals surface area contributed by atoms with E-state index in [0.717, 1.165) is 17.7 Å². The average molecular weight is 508 g/mol. The fourth-order valence-electron chi connectivity index (χ4n) is 3.26. The van der Waals surface area contributed by atoms with Gasteiger partial charge in [-0.1, -0.05) is 60.5 Å². The second-order valence-corrected chi connectivity index (χ2v) is 9.22. The van der Waals surface area contributed by atoms with Crippen molar-refractivity contribution in [1.29, 1.82) is 5.26 Å². The van der Waals surface area contributed by atoms with Gasteiger partial charge < -0.3 is 10.1 Å². The number of nitrogens with one attached hydrogen (secondary N) is 1. The first-order valence-corrected chi connectivity index (χ1v) is 12.0. The highest BCUT2D eigenvalue weighted by molar-refractivity contribution is 8.18. The molecule has 1 heterocycles. The molecular formula is C26H19Cl2N3O2S. The van der Waals surface area contributed by atoms with Gasteiger partial charge in [0.05, 0.1) is 32.3 Å². The summed E-state index contributed by atoms with van der Waals surface area (Å²) in [4.78, 5) is 17.4. The van der Waals surface area contributed by atoms with Crippen LogP contribution < -0.4 is 10.1 Å². The van der Waals surface area contributed by atoms with Gasteiger partial charge in [0, 0.05) is 5.56 Å². The summed E-state index contributed by atoms with van der Waals surface area (Å²) < 4.78 is 5.80. The number of benzene rings is 3. The maximum Gasteiger partial charge on any atom is 0.264 e. The molecule has 0 saturated carbocycles. The van der Waals surface area contributed by atoms with Crippen molar-refractivity contribution in [3.8, 4) is 11.8 Å². The van der Waals surface area contributed by atoms with Crippen molar-refractivity contribution < 1.29 is 9.53 Å². The molecule has 4 rings (SSSR count). The molecule has 0 aromatic heterocycles. The molecule has 8 heteroatoms. The maximum atomic E-state index is 12.4. The van der Waals surface area contributed by atoms with Crippen molar-refractivity contribution in [2.24, 2.45) is 4.99 Å². The number of thioether (sulfide) groups is 1. The Morgan fingerprint density at radius 1 is 1.12 bits per heavy atom. The van der Waals surface area contributed by atoms with E-state index in [1.807, 2.05) is 36.4 Å². The molecule has 1 fully saturated rings. The van der Waals surface area contributed by atoms with E-state index >= 15 is 0 Å². The van der Waals surface area contributed by atoms with Gasteiger partial charge in [-0.25, -0.2) is 4.99 Å². The third kappa shape index (κ3) is 5.63. The van der Waals surface area contributed by atoms with E-state index < -0.39 is 0 Å². The lowest BCUT2D eigenvalue weighted by Crippen LogP contribution is -2.19. The van der Waals surface area contributed by atoms with Gasteiger partial charge in [-0.3, -0.25) is 4.79 Å². The second-order valence-electron chi connectivity index (χ2n) is 7.37. The monoisotopic (exact) mass is 507 g/mol. The van der Waals surface area contributed by atoms with E-state index in [0.29, 0.717) is 37.0 Å². The van der Waals surface area contributed by atoms with Crippen LogP contribution in [0.2, 0.25) is 10.0 Å². The molecule has 1 aliphatic heterocycles. The summed E-state index contributed by atoms with van der Waals surface area (Å²) in [5, 5.41) is 13.1. The topological polar surface area (TPSA) is 74.5 Å². The molecule has 1 N–H and O–H groups in total. The molecule has 34 heavy (non-hydrogen) atoms. The van der Waals surface area contributed by atoms with Crippen molar-refractivity contribution in [1.82, 2.24) is 5.32 Å². The van der Waals surface area contributed by atoms with Gasteiger partial charge in [0.25, 0.3) is 5.91 Å². The van der Waals surface area contributed by atoms with Gasteiger partial charge in [-0.05, 0) is 65.7 Å². The summed E-state index contributed by atoms with van der Waals surface area (Å²) in [5.41, 5.74) is 3.92. The molecule has 1 aliphatic rings. The van der Waals surface area contributed by atoms with Crippen LogP contribution in [0.4, 0.5) is 5.69 Å². The summed E-state index contributed by atoms with van der Waals surface area (Å²) in [6.07, 6.45) is 2.66. The van der Waals surface area contributed by atoms with Crippen LogP contribution in [-0.2, 0) is 17.8 Å². The Labute approximate surface area is 212 Å². The first kappa shape index (κ1) is 23.9. The van der Waals surface area contributed by atoms with Crippen LogP contribution in [0.15, 0.2) is 70.6 Å². The molecule has 0 bridgehead atoms. The van der Waals surface area contributed by atoms with Crippen LogP contribution in [-0.4, -0.2) is 11.1 Å². The highest BCUT2D eigenvalue weighted by Gasteiger charge is 2.24. The summed E-state index contributed by atoms with van der Waals surface area (Å²) in [6, 6.07) is 20.5. The highest BCUT2D eigenvalue weighted by Crippen LogP contribution is 2.37. The predicted octanol–water partition coefficient (Wildman–Crippen LogP) is 6.90. The third-order valence-corrected chi connectivity index (χ3v) is 6.53. The summed E-state index contributed by atoms with van der Waals surface area (Å²) in [6.45, 7) is 2.25. The Morgan fingerprint density at radius 2 is 1.82 bits per heavy atom. The van der Waals surface area contributed by atoms with Gasteiger partial charge in [-0.15, -0.1) is 0 Å². The highest BCUT2D eigenvalue weighted by atomic mass is 35.5. The lowest BCUT2D eigenvalue weighted by Gasteiger charge is -2.12. The van der Waals surface area contributed by atoms with E-state index in [2.05, 4.69) is 23.3 Å². The number of aliphatic imine (C=N–C) groups is 1. The largest absolute Gasteiger partial charge is 0.486 e. The number of amides is 1. The standard InChI is InChI=1S/C26H19Cl2N3O2S/c1-2-16-7-9-20(10-8-16)30-26-31-25(32)23(34-26)13-17-11-21(27)24(22(28)12-17)33-15-19-6-4-3-5-18(19)14-29/h3-13H,2,15H2,1H3,(H,30,31,32)/b23-13-. The van der Waals surface area contributed by atoms with Crippen LogP contribution in [0.25, 0.3) is 6.08 Å². The molecule has 0 spiro atoms. The van der Waals surface area contributed by atoms with Crippen molar-refractivity contribution >= 4 is 57.8 Å².